The molecule has 2 heterocycles. The first-order chi connectivity index (χ1) is 12.5. The van der Waals surface area contributed by atoms with Crippen molar-refractivity contribution in [2.45, 2.75) is 63.8 Å². The molecule has 1 saturated carbocycles. The highest BCUT2D eigenvalue weighted by atomic mass is 19.1. The van der Waals surface area contributed by atoms with E-state index in [1.54, 1.807) is 0 Å². The summed E-state index contributed by atoms with van der Waals surface area (Å²) in [6, 6.07) is 7.98. The topological polar surface area (TPSA) is 51.4 Å². The van der Waals surface area contributed by atoms with Gasteiger partial charge in [-0.05, 0) is 52.1 Å². The number of piperidine rings is 1. The number of nitrogens with zero attached hydrogens (tertiary/aromatic N) is 3. The first-order valence-electron chi connectivity index (χ1n) is 9.53. The number of hydrogen-bond donors (Lipinski definition) is 0. The Morgan fingerprint density at radius 3 is 2.92 bits per heavy atom. The van der Waals surface area contributed by atoms with Gasteiger partial charge in [0, 0.05) is 24.6 Å². The Morgan fingerprint density at radius 2 is 2.15 bits per heavy atom. The minimum atomic E-state index is -1.56. The Balaban J connectivity index is 1.48. The van der Waals surface area contributed by atoms with Crippen molar-refractivity contribution in [1.82, 2.24) is 15.0 Å². The van der Waals surface area contributed by atoms with Crippen molar-refractivity contribution >= 4 is 0 Å². The maximum Gasteiger partial charge on any atom is 0.265 e. The van der Waals surface area contributed by atoms with Gasteiger partial charge in [0.15, 0.2) is 5.82 Å². The predicted octanol–water partition coefficient (Wildman–Crippen LogP) is 4.20. The van der Waals surface area contributed by atoms with E-state index in [0.717, 1.165) is 37.1 Å². The van der Waals surface area contributed by atoms with E-state index in [0.29, 0.717) is 24.7 Å². The molecule has 26 heavy (non-hydrogen) atoms. The molecule has 6 heteroatoms. The van der Waals surface area contributed by atoms with Gasteiger partial charge >= 0.3 is 0 Å². The Labute approximate surface area is 153 Å². The average Bonchev–Trinajstić information content (AvgIpc) is 3.32. The Bertz CT molecular complexity index is 759. The van der Waals surface area contributed by atoms with Gasteiger partial charge in [0.05, 0.1) is 6.10 Å². The Hall–Kier alpha value is -1.95. The molecule has 5 nitrogen and oxygen atoms in total. The number of hydrogen-bond acceptors (Lipinski definition) is 5. The van der Waals surface area contributed by atoms with Crippen LogP contribution in [-0.2, 0) is 12.2 Å². The van der Waals surface area contributed by atoms with Crippen molar-refractivity contribution in [3.05, 3.63) is 41.5 Å². The molecule has 0 N–H and O–H groups in total. The van der Waals surface area contributed by atoms with Gasteiger partial charge in [-0.3, -0.25) is 4.90 Å². The van der Waals surface area contributed by atoms with E-state index in [1.807, 2.05) is 38.1 Å². The number of rotatable bonds is 6. The lowest BCUT2D eigenvalue weighted by atomic mass is 9.94. The number of alkyl halides is 1. The first-order valence-corrected chi connectivity index (χ1v) is 9.53. The van der Waals surface area contributed by atoms with E-state index >= 15 is 4.39 Å². The van der Waals surface area contributed by atoms with E-state index in [2.05, 4.69) is 15.0 Å². The third-order valence-electron chi connectivity index (χ3n) is 5.02. The zero-order valence-corrected chi connectivity index (χ0v) is 15.4. The second-order valence-corrected chi connectivity index (χ2v) is 7.79. The van der Waals surface area contributed by atoms with Crippen LogP contribution >= 0.6 is 0 Å². The molecule has 0 radical (unpaired) electrons. The molecule has 0 spiro atoms. The minimum Gasteiger partial charge on any atom is -0.491 e. The van der Waals surface area contributed by atoms with Crippen LogP contribution in [0.15, 0.2) is 28.8 Å². The van der Waals surface area contributed by atoms with Crippen LogP contribution in [-0.4, -0.2) is 34.2 Å². The number of para-hydroxylation sites is 1. The summed E-state index contributed by atoms with van der Waals surface area (Å²) in [7, 11) is 0. The molecular formula is C20H26FN3O2. The van der Waals surface area contributed by atoms with Crippen LogP contribution in [0, 0.1) is 0 Å². The van der Waals surface area contributed by atoms with E-state index in [9.17, 15) is 0 Å². The van der Waals surface area contributed by atoms with E-state index < -0.39 is 5.67 Å². The molecule has 1 saturated heterocycles. The summed E-state index contributed by atoms with van der Waals surface area (Å²) in [5, 5.41) is 3.99. The molecule has 1 aromatic heterocycles. The molecule has 1 unspecified atom stereocenters. The van der Waals surface area contributed by atoms with Gasteiger partial charge in [0.25, 0.3) is 5.89 Å². The summed E-state index contributed by atoms with van der Waals surface area (Å²) in [5.74, 6) is 2.06. The molecule has 4 rings (SSSR count). The zero-order chi connectivity index (χ0) is 18.1. The summed E-state index contributed by atoms with van der Waals surface area (Å²) in [5.41, 5.74) is -0.485. The molecule has 2 aromatic rings. The number of aromatic nitrogens is 2. The van der Waals surface area contributed by atoms with E-state index in [4.69, 9.17) is 9.26 Å². The van der Waals surface area contributed by atoms with Gasteiger partial charge < -0.3 is 9.26 Å². The predicted molar refractivity (Wildman–Crippen MR) is 95.8 cm³/mol. The average molecular weight is 359 g/mol. The lowest BCUT2D eigenvalue weighted by Crippen LogP contribution is -2.43. The van der Waals surface area contributed by atoms with Gasteiger partial charge in [-0.1, -0.05) is 23.4 Å². The molecule has 2 fully saturated rings. The Morgan fingerprint density at radius 1 is 1.35 bits per heavy atom. The molecule has 0 amide bonds. The maximum atomic E-state index is 15.6. The zero-order valence-electron chi connectivity index (χ0n) is 15.4. The van der Waals surface area contributed by atoms with Crippen LogP contribution in [0.3, 0.4) is 0 Å². The lowest BCUT2D eigenvalue weighted by molar-refractivity contribution is 0.0120. The monoisotopic (exact) mass is 359 g/mol. The molecule has 1 atom stereocenters. The fourth-order valence-electron chi connectivity index (χ4n) is 3.57. The van der Waals surface area contributed by atoms with Crippen LogP contribution in [0.1, 0.15) is 62.7 Å². The van der Waals surface area contributed by atoms with E-state index in [-0.39, 0.29) is 18.5 Å². The molecule has 1 aliphatic carbocycles. The second kappa shape index (κ2) is 6.99. The highest BCUT2D eigenvalue weighted by molar-refractivity contribution is 5.33. The first kappa shape index (κ1) is 17.5. The largest absolute Gasteiger partial charge is 0.491 e. The third kappa shape index (κ3) is 3.75. The van der Waals surface area contributed by atoms with Crippen molar-refractivity contribution in [2.24, 2.45) is 0 Å². The normalized spacial score (nSPS) is 24.2. The second-order valence-electron chi connectivity index (χ2n) is 7.79. The molecule has 1 aromatic carbocycles. The van der Waals surface area contributed by atoms with Crippen molar-refractivity contribution < 1.29 is 13.7 Å². The third-order valence-corrected chi connectivity index (χ3v) is 5.02. The van der Waals surface area contributed by atoms with Gasteiger partial charge in [-0.25, -0.2) is 4.39 Å². The molecule has 1 aliphatic heterocycles. The number of likely N-dealkylation sites (tertiary alicyclic amines) is 1. The highest BCUT2D eigenvalue weighted by Crippen LogP contribution is 2.41. The summed E-state index contributed by atoms with van der Waals surface area (Å²) < 4.78 is 26.8. The van der Waals surface area contributed by atoms with E-state index in [1.165, 1.54) is 0 Å². The molecule has 0 bridgehead atoms. The smallest absolute Gasteiger partial charge is 0.265 e. The Kier molecular flexibility index (Phi) is 4.69. The minimum absolute atomic E-state index is 0.108. The van der Waals surface area contributed by atoms with Crippen LogP contribution in [0.4, 0.5) is 4.39 Å². The summed E-state index contributed by atoms with van der Waals surface area (Å²) in [6.45, 7) is 5.80. The van der Waals surface area contributed by atoms with Gasteiger partial charge in [0.2, 0.25) is 5.67 Å². The SMILES string of the molecule is CC(C)Oc1ccccc1CN1CCCC(F)(c2nc(C3CC3)no2)C1. The van der Waals surface area contributed by atoms with Crippen molar-refractivity contribution in [3.8, 4) is 5.75 Å². The standard InChI is InChI=1S/C20H26FN3O2/c1-14(2)25-17-7-4-3-6-16(17)12-24-11-5-10-20(21,13-24)19-22-18(23-26-19)15-8-9-15/h3-4,6-7,14-15H,5,8-13H2,1-2H3. The molecular weight excluding hydrogens is 333 g/mol. The highest BCUT2D eigenvalue weighted by Gasteiger charge is 2.43. The summed E-state index contributed by atoms with van der Waals surface area (Å²) >= 11 is 0. The fraction of sp³-hybridized carbons (Fsp3) is 0.600. The van der Waals surface area contributed by atoms with Gasteiger partial charge in [-0.2, -0.15) is 4.98 Å². The van der Waals surface area contributed by atoms with Crippen LogP contribution in [0.2, 0.25) is 0 Å². The number of halogens is 1. The fourth-order valence-corrected chi connectivity index (χ4v) is 3.57. The maximum absolute atomic E-state index is 15.6. The summed E-state index contributed by atoms with van der Waals surface area (Å²) in [6.07, 6.45) is 3.47. The van der Waals surface area contributed by atoms with Gasteiger partial charge in [0.1, 0.15) is 5.75 Å². The number of ether oxygens (including phenoxy) is 1. The molecule has 2 aliphatic rings. The lowest BCUT2D eigenvalue weighted by Gasteiger charge is -2.35. The van der Waals surface area contributed by atoms with Gasteiger partial charge in [-0.15, -0.1) is 0 Å². The van der Waals surface area contributed by atoms with Crippen LogP contribution in [0.5, 0.6) is 5.75 Å². The van der Waals surface area contributed by atoms with Crippen molar-refractivity contribution in [3.63, 3.8) is 0 Å². The quantitative estimate of drug-likeness (QED) is 0.774. The summed E-state index contributed by atoms with van der Waals surface area (Å²) in [4.78, 5) is 6.48. The van der Waals surface area contributed by atoms with Crippen LogP contribution in [0.25, 0.3) is 0 Å². The number of benzene rings is 1. The molecule has 140 valence electrons. The van der Waals surface area contributed by atoms with Crippen LogP contribution < -0.4 is 4.74 Å². The van der Waals surface area contributed by atoms with Crippen molar-refractivity contribution in [1.29, 1.82) is 0 Å². The van der Waals surface area contributed by atoms with Crippen molar-refractivity contribution in [2.75, 3.05) is 13.1 Å².